The van der Waals surface area contributed by atoms with E-state index in [1.807, 2.05) is 25.1 Å². The van der Waals surface area contributed by atoms with Gasteiger partial charge in [-0.15, -0.1) is 0 Å². The summed E-state index contributed by atoms with van der Waals surface area (Å²) in [6.45, 7) is 3.75. The van der Waals surface area contributed by atoms with E-state index < -0.39 is 11.9 Å². The normalized spacial score (nSPS) is 11.8. The van der Waals surface area contributed by atoms with Gasteiger partial charge in [-0.3, -0.25) is 4.79 Å². The minimum Gasteiger partial charge on any atom is -0.481 e. The molecule has 110 valence electrons. The lowest BCUT2D eigenvalue weighted by Crippen LogP contribution is -2.36. The molecule has 0 fully saturated rings. The topological polar surface area (TPSA) is 69.6 Å². The molecule has 1 aromatic carbocycles. The number of hydrogen-bond acceptors (Lipinski definition) is 2. The van der Waals surface area contributed by atoms with Crippen molar-refractivity contribution in [2.45, 2.75) is 20.3 Å². The standard InChI is InChI=1S/C14H19BrN2O3/c1-4-10-7-11(15)5-6-12(10)16-14(20)17(3)8-9(2)13(18)19/h5-7,9H,4,8H2,1-3H3,(H,16,20)(H,18,19). The molecular formula is C14H19BrN2O3. The summed E-state index contributed by atoms with van der Waals surface area (Å²) in [7, 11) is 1.58. The van der Waals surface area contributed by atoms with Gasteiger partial charge in [0.15, 0.2) is 0 Å². The lowest BCUT2D eigenvalue weighted by atomic mass is 10.1. The van der Waals surface area contributed by atoms with E-state index in [-0.39, 0.29) is 12.6 Å². The van der Waals surface area contributed by atoms with Crippen LogP contribution in [0.4, 0.5) is 10.5 Å². The number of aliphatic carboxylic acids is 1. The predicted octanol–water partition coefficient (Wildman–Crippen LogP) is 3.20. The molecule has 0 bridgehead atoms. The SMILES string of the molecule is CCc1cc(Br)ccc1NC(=O)N(C)CC(C)C(=O)O. The van der Waals surface area contributed by atoms with Crippen LogP contribution in [0.5, 0.6) is 0 Å². The Balaban J connectivity index is 2.73. The Morgan fingerprint density at radius 1 is 1.45 bits per heavy atom. The van der Waals surface area contributed by atoms with Gasteiger partial charge in [0.25, 0.3) is 0 Å². The third kappa shape index (κ3) is 4.52. The number of nitrogens with zero attached hydrogens (tertiary/aromatic N) is 1. The monoisotopic (exact) mass is 342 g/mol. The molecule has 1 unspecified atom stereocenters. The van der Waals surface area contributed by atoms with Crippen molar-refractivity contribution in [3.05, 3.63) is 28.2 Å². The van der Waals surface area contributed by atoms with Crippen LogP contribution in [-0.4, -0.2) is 35.6 Å². The first-order valence-electron chi connectivity index (χ1n) is 6.38. The smallest absolute Gasteiger partial charge is 0.321 e. The van der Waals surface area contributed by atoms with Crippen LogP contribution in [0.25, 0.3) is 0 Å². The van der Waals surface area contributed by atoms with Crippen LogP contribution in [0, 0.1) is 5.92 Å². The maximum atomic E-state index is 12.0. The lowest BCUT2D eigenvalue weighted by molar-refractivity contribution is -0.141. The van der Waals surface area contributed by atoms with Gasteiger partial charge >= 0.3 is 12.0 Å². The van der Waals surface area contributed by atoms with Crippen LogP contribution in [0.15, 0.2) is 22.7 Å². The van der Waals surface area contributed by atoms with Gasteiger partial charge in [-0.2, -0.15) is 0 Å². The van der Waals surface area contributed by atoms with Crippen molar-refractivity contribution in [2.24, 2.45) is 5.92 Å². The molecule has 20 heavy (non-hydrogen) atoms. The number of urea groups is 1. The summed E-state index contributed by atoms with van der Waals surface area (Å²) >= 11 is 3.39. The number of carboxylic acid groups (broad SMARTS) is 1. The maximum absolute atomic E-state index is 12.0. The number of halogens is 1. The number of nitrogens with one attached hydrogen (secondary N) is 1. The molecule has 0 aliphatic carbocycles. The van der Waals surface area contributed by atoms with Gasteiger partial charge in [0.05, 0.1) is 5.92 Å². The van der Waals surface area contributed by atoms with Crippen LogP contribution < -0.4 is 5.32 Å². The van der Waals surface area contributed by atoms with E-state index in [2.05, 4.69) is 21.2 Å². The molecule has 0 heterocycles. The van der Waals surface area contributed by atoms with Crippen LogP contribution in [-0.2, 0) is 11.2 Å². The summed E-state index contributed by atoms with van der Waals surface area (Å²) in [6, 6.07) is 5.33. The number of anilines is 1. The summed E-state index contributed by atoms with van der Waals surface area (Å²) in [6.07, 6.45) is 0.796. The van der Waals surface area contributed by atoms with E-state index >= 15 is 0 Å². The lowest BCUT2D eigenvalue weighted by Gasteiger charge is -2.21. The van der Waals surface area contributed by atoms with Gasteiger partial charge in [-0.25, -0.2) is 4.79 Å². The van der Waals surface area contributed by atoms with Crippen molar-refractivity contribution in [1.82, 2.24) is 4.90 Å². The third-order valence-electron chi connectivity index (χ3n) is 3.01. The summed E-state index contributed by atoms with van der Waals surface area (Å²) in [5.74, 6) is -1.51. The third-order valence-corrected chi connectivity index (χ3v) is 3.50. The summed E-state index contributed by atoms with van der Waals surface area (Å²) in [5.41, 5.74) is 1.77. The highest BCUT2D eigenvalue weighted by molar-refractivity contribution is 9.10. The van der Waals surface area contributed by atoms with Crippen LogP contribution in [0.2, 0.25) is 0 Å². The molecule has 2 N–H and O–H groups in total. The fourth-order valence-corrected chi connectivity index (χ4v) is 2.17. The minimum atomic E-state index is -0.914. The Bertz CT molecular complexity index is 505. The first-order chi connectivity index (χ1) is 9.35. The van der Waals surface area contributed by atoms with E-state index in [4.69, 9.17) is 5.11 Å². The van der Waals surface area contributed by atoms with Gasteiger partial charge in [-0.05, 0) is 30.2 Å². The molecule has 0 saturated carbocycles. The van der Waals surface area contributed by atoms with E-state index in [0.717, 1.165) is 22.1 Å². The molecule has 0 aromatic heterocycles. The van der Waals surface area contributed by atoms with Crippen LogP contribution >= 0.6 is 15.9 Å². The summed E-state index contributed by atoms with van der Waals surface area (Å²) < 4.78 is 0.959. The molecule has 0 aliphatic heterocycles. The molecule has 1 atom stereocenters. The van der Waals surface area contributed by atoms with E-state index in [1.165, 1.54) is 4.90 Å². The Hall–Kier alpha value is -1.56. The van der Waals surface area contributed by atoms with Crippen molar-refractivity contribution in [2.75, 3.05) is 18.9 Å². The molecule has 0 aliphatic rings. The molecule has 0 radical (unpaired) electrons. The van der Waals surface area contributed by atoms with Gasteiger partial charge < -0.3 is 15.3 Å². The van der Waals surface area contributed by atoms with Crippen molar-refractivity contribution >= 4 is 33.6 Å². The van der Waals surface area contributed by atoms with Crippen molar-refractivity contribution in [3.63, 3.8) is 0 Å². The molecule has 1 rings (SSSR count). The number of benzene rings is 1. The molecule has 0 spiro atoms. The first kappa shape index (κ1) is 16.5. The quantitative estimate of drug-likeness (QED) is 0.863. The second-order valence-electron chi connectivity index (χ2n) is 4.70. The molecular weight excluding hydrogens is 324 g/mol. The number of aryl methyl sites for hydroxylation is 1. The number of carbonyl (C=O) groups excluding carboxylic acids is 1. The largest absolute Gasteiger partial charge is 0.481 e. The Kier molecular flexibility index (Phi) is 6.01. The second-order valence-corrected chi connectivity index (χ2v) is 5.62. The number of rotatable bonds is 5. The van der Waals surface area contributed by atoms with Crippen LogP contribution in [0.3, 0.4) is 0 Å². The number of carbonyl (C=O) groups is 2. The molecule has 6 heteroatoms. The van der Waals surface area contributed by atoms with Gasteiger partial charge in [0.1, 0.15) is 0 Å². The average Bonchev–Trinajstić information content (AvgIpc) is 2.40. The van der Waals surface area contributed by atoms with Gasteiger partial charge in [-0.1, -0.05) is 29.8 Å². The molecule has 2 amide bonds. The van der Waals surface area contributed by atoms with Crippen molar-refractivity contribution in [3.8, 4) is 0 Å². The average molecular weight is 343 g/mol. The summed E-state index contributed by atoms with van der Waals surface area (Å²) in [5, 5.41) is 11.7. The van der Waals surface area contributed by atoms with E-state index in [0.29, 0.717) is 0 Å². The maximum Gasteiger partial charge on any atom is 0.321 e. The number of hydrogen-bond donors (Lipinski definition) is 2. The highest BCUT2D eigenvalue weighted by Crippen LogP contribution is 2.21. The first-order valence-corrected chi connectivity index (χ1v) is 7.17. The highest BCUT2D eigenvalue weighted by atomic mass is 79.9. The Morgan fingerprint density at radius 3 is 2.65 bits per heavy atom. The van der Waals surface area contributed by atoms with Crippen LogP contribution in [0.1, 0.15) is 19.4 Å². The fourth-order valence-electron chi connectivity index (χ4n) is 1.76. The highest BCUT2D eigenvalue weighted by Gasteiger charge is 2.17. The molecule has 1 aromatic rings. The zero-order valence-corrected chi connectivity index (χ0v) is 13.4. The van der Waals surface area contributed by atoms with Crippen molar-refractivity contribution < 1.29 is 14.7 Å². The number of carboxylic acids is 1. The van der Waals surface area contributed by atoms with Crippen molar-refractivity contribution in [1.29, 1.82) is 0 Å². The second kappa shape index (κ2) is 7.28. The predicted molar refractivity (Wildman–Crippen MR) is 82.0 cm³/mol. The summed E-state index contributed by atoms with van der Waals surface area (Å²) in [4.78, 5) is 24.2. The Morgan fingerprint density at radius 2 is 2.10 bits per heavy atom. The molecule has 5 nitrogen and oxygen atoms in total. The molecule has 0 saturated heterocycles. The number of amides is 2. The zero-order chi connectivity index (χ0) is 15.3. The van der Waals surface area contributed by atoms with E-state index in [9.17, 15) is 9.59 Å². The van der Waals surface area contributed by atoms with E-state index in [1.54, 1.807) is 14.0 Å². The Labute approximate surface area is 127 Å². The fraction of sp³-hybridized carbons (Fsp3) is 0.429. The minimum absolute atomic E-state index is 0.166. The van der Waals surface area contributed by atoms with Gasteiger partial charge in [0.2, 0.25) is 0 Å². The zero-order valence-electron chi connectivity index (χ0n) is 11.8. The van der Waals surface area contributed by atoms with Gasteiger partial charge in [0, 0.05) is 23.8 Å².